The Morgan fingerprint density at radius 2 is 2.00 bits per heavy atom. The van der Waals surface area contributed by atoms with Crippen molar-refractivity contribution in [2.75, 3.05) is 6.54 Å². The van der Waals surface area contributed by atoms with Gasteiger partial charge in [-0.3, -0.25) is 0 Å². The molecular formula is C9H15N. The molecule has 0 bridgehead atoms. The van der Waals surface area contributed by atoms with Crippen molar-refractivity contribution in [1.29, 1.82) is 0 Å². The van der Waals surface area contributed by atoms with E-state index in [0.29, 0.717) is 0 Å². The zero-order valence-corrected chi connectivity index (χ0v) is 6.34. The summed E-state index contributed by atoms with van der Waals surface area (Å²) in [7, 11) is 0. The molecule has 1 nitrogen and oxygen atoms in total. The second-order valence-corrected chi connectivity index (χ2v) is 2.15. The molecule has 0 saturated heterocycles. The van der Waals surface area contributed by atoms with Gasteiger partial charge in [0.2, 0.25) is 0 Å². The SMILES string of the molecule is C#CCCC/C=C/CCN. The van der Waals surface area contributed by atoms with Crippen LogP contribution in [0.2, 0.25) is 0 Å². The summed E-state index contributed by atoms with van der Waals surface area (Å²) in [5, 5.41) is 0. The number of allylic oxidation sites excluding steroid dienone is 1. The van der Waals surface area contributed by atoms with Crippen molar-refractivity contribution in [2.24, 2.45) is 5.73 Å². The zero-order chi connectivity index (χ0) is 7.66. The summed E-state index contributed by atoms with van der Waals surface area (Å²) < 4.78 is 0. The minimum absolute atomic E-state index is 0.742. The summed E-state index contributed by atoms with van der Waals surface area (Å²) in [6.45, 7) is 0.742. The molecule has 0 rings (SSSR count). The summed E-state index contributed by atoms with van der Waals surface area (Å²) in [6, 6.07) is 0. The monoisotopic (exact) mass is 137 g/mol. The van der Waals surface area contributed by atoms with E-state index in [1.165, 1.54) is 0 Å². The van der Waals surface area contributed by atoms with Gasteiger partial charge >= 0.3 is 0 Å². The van der Waals surface area contributed by atoms with Gasteiger partial charge in [0.25, 0.3) is 0 Å². The maximum Gasteiger partial charge on any atom is 0.00890 e. The Hall–Kier alpha value is -0.740. The number of hydrogen-bond donors (Lipinski definition) is 1. The lowest BCUT2D eigenvalue weighted by atomic mass is 10.2. The van der Waals surface area contributed by atoms with Crippen LogP contribution in [0.5, 0.6) is 0 Å². The fourth-order valence-corrected chi connectivity index (χ4v) is 0.654. The first-order valence-corrected chi connectivity index (χ1v) is 3.70. The Morgan fingerprint density at radius 3 is 2.60 bits per heavy atom. The van der Waals surface area contributed by atoms with E-state index in [1.807, 2.05) is 0 Å². The molecule has 1 heteroatoms. The van der Waals surface area contributed by atoms with Crippen LogP contribution in [0.25, 0.3) is 0 Å². The Balaban J connectivity index is 2.96. The summed E-state index contributed by atoms with van der Waals surface area (Å²) in [5.41, 5.74) is 5.29. The van der Waals surface area contributed by atoms with Crippen LogP contribution in [0, 0.1) is 12.3 Å². The molecule has 0 aromatic heterocycles. The third-order valence-corrected chi connectivity index (χ3v) is 1.19. The van der Waals surface area contributed by atoms with Gasteiger partial charge in [-0.15, -0.1) is 12.3 Å². The highest BCUT2D eigenvalue weighted by molar-refractivity contribution is 4.87. The number of rotatable bonds is 5. The predicted octanol–water partition coefficient (Wildman–Crippen LogP) is 1.69. The lowest BCUT2D eigenvalue weighted by Gasteiger charge is -1.87. The van der Waals surface area contributed by atoms with Gasteiger partial charge in [-0.05, 0) is 25.8 Å². The van der Waals surface area contributed by atoms with Crippen molar-refractivity contribution in [3.05, 3.63) is 12.2 Å². The molecule has 0 saturated carbocycles. The zero-order valence-electron chi connectivity index (χ0n) is 6.34. The van der Waals surface area contributed by atoms with Crippen LogP contribution in [0.3, 0.4) is 0 Å². The van der Waals surface area contributed by atoms with E-state index in [0.717, 1.165) is 32.2 Å². The third kappa shape index (κ3) is 7.26. The molecular weight excluding hydrogens is 122 g/mol. The molecule has 2 N–H and O–H groups in total. The highest BCUT2D eigenvalue weighted by Crippen LogP contribution is 1.95. The molecule has 0 heterocycles. The number of terminal acetylenes is 1. The molecule has 0 aliphatic carbocycles. The van der Waals surface area contributed by atoms with Crippen LogP contribution in [0.15, 0.2) is 12.2 Å². The highest BCUT2D eigenvalue weighted by Gasteiger charge is 1.78. The Bertz CT molecular complexity index is 119. The second kappa shape index (κ2) is 8.26. The maximum absolute atomic E-state index is 5.29. The van der Waals surface area contributed by atoms with E-state index >= 15 is 0 Å². The number of unbranched alkanes of at least 4 members (excludes halogenated alkanes) is 2. The van der Waals surface area contributed by atoms with Gasteiger partial charge in [-0.2, -0.15) is 0 Å². The van der Waals surface area contributed by atoms with Gasteiger partial charge in [0.15, 0.2) is 0 Å². The molecule has 56 valence electrons. The lowest BCUT2D eigenvalue weighted by Crippen LogP contribution is -1.94. The van der Waals surface area contributed by atoms with Crippen molar-refractivity contribution in [1.82, 2.24) is 0 Å². The Kier molecular flexibility index (Phi) is 7.65. The molecule has 0 spiro atoms. The van der Waals surface area contributed by atoms with Crippen molar-refractivity contribution in [3.8, 4) is 12.3 Å². The van der Waals surface area contributed by atoms with E-state index in [-0.39, 0.29) is 0 Å². The summed E-state index contributed by atoms with van der Waals surface area (Å²) in [6.07, 6.45) is 13.4. The normalized spacial score (nSPS) is 10.0. The van der Waals surface area contributed by atoms with E-state index in [9.17, 15) is 0 Å². The summed E-state index contributed by atoms with van der Waals surface area (Å²) in [5.74, 6) is 2.60. The maximum atomic E-state index is 5.29. The van der Waals surface area contributed by atoms with Gasteiger partial charge in [0, 0.05) is 6.42 Å². The first kappa shape index (κ1) is 9.26. The van der Waals surface area contributed by atoms with Crippen molar-refractivity contribution in [3.63, 3.8) is 0 Å². The highest BCUT2D eigenvalue weighted by atomic mass is 14.5. The molecule has 0 aromatic rings. The topological polar surface area (TPSA) is 26.0 Å². The van der Waals surface area contributed by atoms with Gasteiger partial charge in [0.05, 0.1) is 0 Å². The quantitative estimate of drug-likeness (QED) is 0.348. The van der Waals surface area contributed by atoms with Crippen LogP contribution in [-0.2, 0) is 0 Å². The number of hydrogen-bond acceptors (Lipinski definition) is 1. The molecule has 10 heavy (non-hydrogen) atoms. The van der Waals surface area contributed by atoms with E-state index in [2.05, 4.69) is 18.1 Å². The van der Waals surface area contributed by atoms with Crippen LogP contribution < -0.4 is 5.73 Å². The van der Waals surface area contributed by atoms with Crippen molar-refractivity contribution >= 4 is 0 Å². The third-order valence-electron chi connectivity index (χ3n) is 1.19. The Labute approximate surface area is 63.3 Å². The number of nitrogens with two attached hydrogens (primary N) is 1. The molecule has 0 aliphatic heterocycles. The standard InChI is InChI=1S/C9H15N/c1-2-3-4-5-6-7-8-9-10/h1,6-7H,3-5,8-10H2/b7-6+. The summed E-state index contributed by atoms with van der Waals surface area (Å²) in [4.78, 5) is 0. The average molecular weight is 137 g/mol. The average Bonchev–Trinajstić information content (AvgIpc) is 1.97. The van der Waals surface area contributed by atoms with Crippen molar-refractivity contribution in [2.45, 2.75) is 25.7 Å². The first-order chi connectivity index (χ1) is 4.91. The molecule has 0 fully saturated rings. The Morgan fingerprint density at radius 1 is 1.30 bits per heavy atom. The van der Waals surface area contributed by atoms with Crippen LogP contribution in [0.1, 0.15) is 25.7 Å². The molecule has 0 amide bonds. The van der Waals surface area contributed by atoms with Gasteiger partial charge in [-0.1, -0.05) is 12.2 Å². The predicted molar refractivity (Wildman–Crippen MR) is 45.5 cm³/mol. The lowest BCUT2D eigenvalue weighted by molar-refractivity contribution is 0.878. The minimum Gasteiger partial charge on any atom is -0.330 e. The van der Waals surface area contributed by atoms with E-state index in [1.54, 1.807) is 0 Å². The van der Waals surface area contributed by atoms with Crippen LogP contribution in [0.4, 0.5) is 0 Å². The second-order valence-electron chi connectivity index (χ2n) is 2.15. The molecule has 0 unspecified atom stereocenters. The van der Waals surface area contributed by atoms with Crippen LogP contribution >= 0.6 is 0 Å². The molecule has 0 radical (unpaired) electrons. The summed E-state index contributed by atoms with van der Waals surface area (Å²) >= 11 is 0. The largest absolute Gasteiger partial charge is 0.330 e. The first-order valence-electron chi connectivity index (χ1n) is 3.70. The van der Waals surface area contributed by atoms with Crippen molar-refractivity contribution < 1.29 is 0 Å². The van der Waals surface area contributed by atoms with Gasteiger partial charge in [-0.25, -0.2) is 0 Å². The molecule has 0 atom stereocenters. The minimum atomic E-state index is 0.742. The van der Waals surface area contributed by atoms with E-state index in [4.69, 9.17) is 12.2 Å². The fourth-order valence-electron chi connectivity index (χ4n) is 0.654. The van der Waals surface area contributed by atoms with Crippen LogP contribution in [-0.4, -0.2) is 6.54 Å². The fraction of sp³-hybridized carbons (Fsp3) is 0.556. The smallest absolute Gasteiger partial charge is 0.00890 e. The molecule has 0 aliphatic rings. The van der Waals surface area contributed by atoms with E-state index < -0.39 is 0 Å². The van der Waals surface area contributed by atoms with Gasteiger partial charge in [0.1, 0.15) is 0 Å². The van der Waals surface area contributed by atoms with Gasteiger partial charge < -0.3 is 5.73 Å². The molecule has 0 aromatic carbocycles.